The van der Waals surface area contributed by atoms with Crippen molar-refractivity contribution in [3.05, 3.63) is 109 Å². The molecule has 2 aromatic heterocycles. The van der Waals surface area contributed by atoms with Gasteiger partial charge in [0.05, 0.1) is 24.3 Å². The van der Waals surface area contributed by atoms with Crippen LogP contribution in [-0.2, 0) is 4.74 Å². The number of carbonyl (C=O) groups is 1. The number of rotatable bonds is 5. The molecule has 1 unspecified atom stereocenters. The SMILES string of the molecule is C1CCOC1.COc1ccccc1C(O)c1cnc(Cl)nc1Cl.COc1ccccc1C=O.C[CH-]C.Clc1ncc(Br)c(Cl)n1.[Cl-].[Mg+2]. The van der Waals surface area contributed by atoms with Crippen LogP contribution in [0, 0.1) is 6.42 Å². The van der Waals surface area contributed by atoms with Crippen molar-refractivity contribution < 1.29 is 36.5 Å². The van der Waals surface area contributed by atoms with Crippen LogP contribution >= 0.6 is 62.3 Å². The summed E-state index contributed by atoms with van der Waals surface area (Å²) in [5.74, 6) is 1.19. The van der Waals surface area contributed by atoms with Crippen LogP contribution in [0.25, 0.3) is 0 Å². The molecule has 0 aliphatic carbocycles. The fourth-order valence-corrected chi connectivity index (χ4v) is 4.10. The number of aliphatic hydroxyl groups is 1. The summed E-state index contributed by atoms with van der Waals surface area (Å²) in [7, 11) is 3.08. The van der Waals surface area contributed by atoms with Crippen LogP contribution in [0.5, 0.6) is 11.5 Å². The van der Waals surface area contributed by atoms with Gasteiger partial charge in [-0.05, 0) is 70.2 Å². The van der Waals surface area contributed by atoms with Crippen LogP contribution in [0.2, 0.25) is 20.9 Å². The number of aldehydes is 1. The number of carbonyl (C=O) groups excluding carboxylic acids is 1. The third-order valence-corrected chi connectivity index (χ3v) is 7.00. The van der Waals surface area contributed by atoms with E-state index in [0.717, 1.165) is 19.5 Å². The van der Waals surface area contributed by atoms with Crippen molar-refractivity contribution in [2.45, 2.75) is 32.8 Å². The summed E-state index contributed by atoms with van der Waals surface area (Å²) in [5, 5.41) is 10.9. The van der Waals surface area contributed by atoms with Crippen LogP contribution in [0.1, 0.15) is 54.3 Å². The molecule has 3 heterocycles. The predicted octanol–water partition coefficient (Wildman–Crippen LogP) is 5.58. The molecule has 4 aromatic rings. The molecule has 0 bridgehead atoms. The standard InChI is InChI=1S/C12H10Cl2N2O2.C8H8O2.C4HBrCl2N2.C4H8O.C3H7.ClH.Mg/c1-18-9-5-3-2-4-7(9)10(17)8-6-15-12(14)16-11(8)13;1-10-8-5-3-2-4-7(8)6-9;5-2-1-8-4(7)9-3(2)6;1-2-4-5-3-1;1-3-2;;/h2-6,10,17H,1H3;2-6H,1H3;1H;1-4H2;3H,1-2H3;1H;/q;;;;-1;;+2/p-1. The Hall–Kier alpha value is -1.51. The molecular weight excluding hydrogens is 790 g/mol. The van der Waals surface area contributed by atoms with Gasteiger partial charge in [0.1, 0.15) is 27.9 Å². The molecule has 0 spiro atoms. The monoisotopic (exact) mass is 820 g/mol. The van der Waals surface area contributed by atoms with Crippen molar-refractivity contribution in [3.8, 4) is 11.5 Å². The molecule has 9 nitrogen and oxygen atoms in total. The van der Waals surface area contributed by atoms with E-state index in [4.69, 9.17) is 60.6 Å². The summed E-state index contributed by atoms with van der Waals surface area (Å²) < 4.78 is 15.7. The van der Waals surface area contributed by atoms with Crippen molar-refractivity contribution in [3.63, 3.8) is 0 Å². The zero-order chi connectivity index (χ0) is 33.6. The average Bonchev–Trinajstić information content (AvgIpc) is 3.64. The van der Waals surface area contributed by atoms with Crippen LogP contribution < -0.4 is 21.9 Å². The maximum absolute atomic E-state index is 10.3. The molecule has 1 aliphatic rings. The molecule has 1 saturated heterocycles. The van der Waals surface area contributed by atoms with E-state index in [2.05, 4.69) is 35.9 Å². The van der Waals surface area contributed by atoms with Gasteiger partial charge in [0.15, 0.2) is 6.29 Å². The number of nitrogens with zero attached hydrogens (tertiary/aromatic N) is 4. The minimum absolute atomic E-state index is 0. The Kier molecular flexibility index (Phi) is 28.7. The Labute approximate surface area is 326 Å². The van der Waals surface area contributed by atoms with Crippen LogP contribution in [0.15, 0.2) is 65.4 Å². The first-order valence-corrected chi connectivity index (χ1v) is 15.7. The van der Waals surface area contributed by atoms with Crippen molar-refractivity contribution in [1.29, 1.82) is 0 Å². The second-order valence-electron chi connectivity index (χ2n) is 8.56. The van der Waals surface area contributed by atoms with Gasteiger partial charge in [0.25, 0.3) is 0 Å². The normalized spacial score (nSPS) is 11.4. The van der Waals surface area contributed by atoms with Crippen LogP contribution in [0.4, 0.5) is 0 Å². The van der Waals surface area contributed by atoms with E-state index in [0.29, 0.717) is 37.8 Å². The van der Waals surface area contributed by atoms with Crippen molar-refractivity contribution in [2.24, 2.45) is 0 Å². The van der Waals surface area contributed by atoms with Gasteiger partial charge in [0.2, 0.25) is 10.6 Å². The largest absolute Gasteiger partial charge is 2.00 e. The maximum atomic E-state index is 10.3. The second-order valence-corrected chi connectivity index (χ2v) is 10.8. The summed E-state index contributed by atoms with van der Waals surface area (Å²) in [4.78, 5) is 25.2. The topological polar surface area (TPSA) is 117 Å². The molecule has 47 heavy (non-hydrogen) atoms. The van der Waals surface area contributed by atoms with E-state index < -0.39 is 6.10 Å². The molecule has 0 radical (unpaired) electrons. The van der Waals surface area contributed by atoms with E-state index >= 15 is 0 Å². The summed E-state index contributed by atoms with van der Waals surface area (Å²) >= 11 is 25.6. The second kappa shape index (κ2) is 28.3. The molecule has 5 rings (SSSR count). The van der Waals surface area contributed by atoms with Crippen molar-refractivity contribution in [1.82, 2.24) is 19.9 Å². The van der Waals surface area contributed by atoms with Gasteiger partial charge < -0.3 is 38.1 Å². The predicted molar refractivity (Wildman–Crippen MR) is 189 cm³/mol. The fraction of sp³-hybridized carbons (Fsp3) is 0.290. The molecule has 1 fully saturated rings. The first-order valence-electron chi connectivity index (χ1n) is 13.4. The van der Waals surface area contributed by atoms with Gasteiger partial charge in [-0.25, -0.2) is 19.9 Å². The third-order valence-electron chi connectivity index (χ3n) is 5.23. The van der Waals surface area contributed by atoms with E-state index in [-0.39, 0.29) is 51.2 Å². The maximum Gasteiger partial charge on any atom is 2.00 e. The number of hydrogen-bond donors (Lipinski definition) is 1. The molecule has 1 aliphatic heterocycles. The quantitative estimate of drug-likeness (QED) is 0.0907. The Morgan fingerprint density at radius 3 is 1.77 bits per heavy atom. The zero-order valence-electron chi connectivity index (χ0n) is 26.2. The van der Waals surface area contributed by atoms with Gasteiger partial charge in [-0.15, -0.1) is 0 Å². The number of para-hydroxylation sites is 2. The number of halogens is 6. The molecule has 2 aromatic carbocycles. The molecular formula is C31H34BrCl5MgN4O5. The summed E-state index contributed by atoms with van der Waals surface area (Å²) in [5.41, 5.74) is 1.56. The number of benzene rings is 2. The number of hydrogen-bond acceptors (Lipinski definition) is 9. The van der Waals surface area contributed by atoms with Gasteiger partial charge in [-0.2, -0.15) is 13.8 Å². The third kappa shape index (κ3) is 18.7. The van der Waals surface area contributed by atoms with Gasteiger partial charge in [-0.1, -0.05) is 53.5 Å². The molecule has 252 valence electrons. The molecule has 16 heteroatoms. The molecule has 0 amide bonds. The average molecular weight is 824 g/mol. The van der Waals surface area contributed by atoms with Crippen molar-refractivity contribution >= 4 is 91.7 Å². The first-order chi connectivity index (χ1) is 21.6. The van der Waals surface area contributed by atoms with E-state index in [1.807, 2.05) is 32.4 Å². The summed E-state index contributed by atoms with van der Waals surface area (Å²) in [6.07, 6.45) is 7.26. The van der Waals surface area contributed by atoms with E-state index in [9.17, 15) is 9.90 Å². The molecule has 1 N–H and O–H groups in total. The van der Waals surface area contributed by atoms with Gasteiger partial charge in [0, 0.05) is 36.7 Å². The number of aromatic nitrogens is 4. The molecule has 0 saturated carbocycles. The first kappa shape index (κ1) is 47.6. The van der Waals surface area contributed by atoms with E-state index in [1.165, 1.54) is 32.3 Å². The fourth-order valence-electron chi connectivity index (χ4n) is 3.19. The van der Waals surface area contributed by atoms with Gasteiger partial charge >= 0.3 is 23.1 Å². The van der Waals surface area contributed by atoms with Gasteiger partial charge in [-0.3, -0.25) is 4.79 Å². The number of ether oxygens (including phenoxy) is 3. The Bertz CT molecular complexity index is 1440. The van der Waals surface area contributed by atoms with Crippen molar-refractivity contribution in [2.75, 3.05) is 27.4 Å². The molecule has 1 atom stereocenters. The minimum Gasteiger partial charge on any atom is -1.00 e. The Morgan fingerprint density at radius 1 is 0.851 bits per heavy atom. The van der Waals surface area contributed by atoms with E-state index in [1.54, 1.807) is 43.5 Å². The van der Waals surface area contributed by atoms with Crippen LogP contribution in [-0.4, -0.2) is 81.8 Å². The minimum atomic E-state index is -0.967. The zero-order valence-corrected chi connectivity index (χ0v) is 33.0. The van der Waals surface area contributed by atoms with Crippen LogP contribution in [0.3, 0.4) is 0 Å². The smallest absolute Gasteiger partial charge is 1.00 e. The Balaban J connectivity index is 0. The summed E-state index contributed by atoms with van der Waals surface area (Å²) in [6, 6.07) is 14.2. The summed E-state index contributed by atoms with van der Waals surface area (Å²) in [6.45, 7) is 6.00. The number of aliphatic hydroxyl groups excluding tert-OH is 1. The Morgan fingerprint density at radius 2 is 1.34 bits per heavy atom. The number of methoxy groups -OCH3 is 2.